The van der Waals surface area contributed by atoms with E-state index in [0.29, 0.717) is 18.4 Å². The van der Waals surface area contributed by atoms with E-state index in [4.69, 9.17) is 5.11 Å². The number of rotatable bonds is 3. The Kier molecular flexibility index (Phi) is 3.02. The van der Waals surface area contributed by atoms with Crippen LogP contribution in [-0.2, 0) is 9.59 Å². The molecule has 0 atom stereocenters. The van der Waals surface area contributed by atoms with E-state index in [0.717, 1.165) is 12.8 Å². The van der Waals surface area contributed by atoms with E-state index in [-0.39, 0.29) is 12.2 Å². The molecule has 0 aromatic rings. The number of aliphatic carboxylic acids is 1. The fourth-order valence-electron chi connectivity index (χ4n) is 1.30. The highest BCUT2D eigenvalue weighted by Crippen LogP contribution is 2.17. The normalized spacial score (nSPS) is 17.3. The Morgan fingerprint density at radius 1 is 1.58 bits per heavy atom. The molecule has 66 valence electrons. The topological polar surface area (TPSA) is 54.4 Å². The van der Waals surface area contributed by atoms with Crippen LogP contribution in [0, 0.1) is 0 Å². The number of ketones is 1. The standard InChI is InChI=1S/C9H12O3/c10-8-4-2-1-3-7(8)5-6-9(11)12/h3H,1-2,4-6H2,(H,11,12). The first kappa shape index (κ1) is 8.97. The number of carbonyl (C=O) groups excluding carboxylic acids is 1. The smallest absolute Gasteiger partial charge is 0.303 e. The zero-order chi connectivity index (χ0) is 8.97. The number of hydrogen-bond acceptors (Lipinski definition) is 2. The molecule has 0 spiro atoms. The Bertz CT molecular complexity index is 228. The monoisotopic (exact) mass is 168 g/mol. The van der Waals surface area contributed by atoms with Crippen molar-refractivity contribution in [1.29, 1.82) is 0 Å². The van der Waals surface area contributed by atoms with Gasteiger partial charge >= 0.3 is 5.97 Å². The zero-order valence-electron chi connectivity index (χ0n) is 6.88. The van der Waals surface area contributed by atoms with E-state index >= 15 is 0 Å². The van der Waals surface area contributed by atoms with Gasteiger partial charge in [-0.2, -0.15) is 0 Å². The molecule has 0 aromatic carbocycles. The summed E-state index contributed by atoms with van der Waals surface area (Å²) in [6.45, 7) is 0. The lowest BCUT2D eigenvalue weighted by Crippen LogP contribution is -2.08. The molecule has 0 aromatic heterocycles. The predicted octanol–water partition coefficient (Wildman–Crippen LogP) is 1.53. The summed E-state index contributed by atoms with van der Waals surface area (Å²) >= 11 is 0. The van der Waals surface area contributed by atoms with Gasteiger partial charge < -0.3 is 5.11 Å². The summed E-state index contributed by atoms with van der Waals surface area (Å²) in [4.78, 5) is 21.4. The number of hydrogen-bond donors (Lipinski definition) is 1. The fourth-order valence-corrected chi connectivity index (χ4v) is 1.30. The van der Waals surface area contributed by atoms with Crippen molar-refractivity contribution < 1.29 is 14.7 Å². The molecule has 0 bridgehead atoms. The summed E-state index contributed by atoms with van der Waals surface area (Å²) in [6.07, 6.45) is 4.75. The lowest BCUT2D eigenvalue weighted by atomic mass is 9.95. The third kappa shape index (κ3) is 2.49. The van der Waals surface area contributed by atoms with Crippen LogP contribution in [0.25, 0.3) is 0 Å². The number of allylic oxidation sites excluding steroid dienone is 2. The molecule has 0 saturated carbocycles. The fraction of sp³-hybridized carbons (Fsp3) is 0.556. The maximum absolute atomic E-state index is 11.1. The van der Waals surface area contributed by atoms with Crippen molar-refractivity contribution in [2.75, 3.05) is 0 Å². The van der Waals surface area contributed by atoms with Gasteiger partial charge in [-0.1, -0.05) is 6.08 Å². The molecule has 1 N–H and O–H groups in total. The molecule has 1 aliphatic rings. The van der Waals surface area contributed by atoms with Gasteiger partial charge in [0, 0.05) is 12.8 Å². The highest BCUT2D eigenvalue weighted by atomic mass is 16.4. The van der Waals surface area contributed by atoms with E-state index in [1.165, 1.54) is 0 Å². The van der Waals surface area contributed by atoms with Crippen LogP contribution in [0.1, 0.15) is 32.1 Å². The van der Waals surface area contributed by atoms with Gasteiger partial charge in [-0.15, -0.1) is 0 Å². The highest BCUT2D eigenvalue weighted by molar-refractivity contribution is 5.96. The second-order valence-electron chi connectivity index (χ2n) is 2.94. The number of carboxylic acids is 1. The lowest BCUT2D eigenvalue weighted by Gasteiger charge is -2.09. The van der Waals surface area contributed by atoms with Crippen LogP contribution in [0.5, 0.6) is 0 Å². The van der Waals surface area contributed by atoms with Gasteiger partial charge in [0.1, 0.15) is 0 Å². The first-order valence-electron chi connectivity index (χ1n) is 4.14. The molecule has 0 unspecified atom stereocenters. The minimum absolute atomic E-state index is 0.0670. The van der Waals surface area contributed by atoms with E-state index in [1.807, 2.05) is 6.08 Å². The number of carboxylic acid groups (broad SMARTS) is 1. The molecule has 1 aliphatic carbocycles. The van der Waals surface area contributed by atoms with Crippen LogP contribution in [0.2, 0.25) is 0 Å². The lowest BCUT2D eigenvalue weighted by molar-refractivity contribution is -0.136. The largest absolute Gasteiger partial charge is 0.481 e. The predicted molar refractivity (Wildman–Crippen MR) is 43.8 cm³/mol. The van der Waals surface area contributed by atoms with Gasteiger partial charge in [-0.25, -0.2) is 0 Å². The van der Waals surface area contributed by atoms with Crippen molar-refractivity contribution in [3.63, 3.8) is 0 Å². The van der Waals surface area contributed by atoms with Crippen molar-refractivity contribution >= 4 is 11.8 Å². The maximum atomic E-state index is 11.1. The Labute approximate surface area is 71.1 Å². The molecule has 0 heterocycles. The van der Waals surface area contributed by atoms with Crippen LogP contribution in [-0.4, -0.2) is 16.9 Å². The minimum atomic E-state index is -0.839. The molecule has 0 saturated heterocycles. The first-order valence-corrected chi connectivity index (χ1v) is 4.14. The Morgan fingerprint density at radius 3 is 2.92 bits per heavy atom. The highest BCUT2D eigenvalue weighted by Gasteiger charge is 2.13. The van der Waals surface area contributed by atoms with Crippen LogP contribution in [0.3, 0.4) is 0 Å². The quantitative estimate of drug-likeness (QED) is 0.695. The van der Waals surface area contributed by atoms with E-state index in [9.17, 15) is 9.59 Å². The van der Waals surface area contributed by atoms with Crippen LogP contribution in [0.15, 0.2) is 11.6 Å². The summed E-state index contributed by atoms with van der Waals surface area (Å²) in [5, 5.41) is 8.39. The Balaban J connectivity index is 2.44. The molecular weight excluding hydrogens is 156 g/mol. The molecule has 3 nitrogen and oxygen atoms in total. The molecular formula is C9H12O3. The number of Topliss-reactive ketones (excluding diaryl/α,β-unsaturated/α-hetero) is 1. The van der Waals surface area contributed by atoms with Gasteiger partial charge in [0.15, 0.2) is 5.78 Å². The third-order valence-corrected chi connectivity index (χ3v) is 1.97. The molecule has 1 rings (SSSR count). The van der Waals surface area contributed by atoms with Crippen molar-refractivity contribution in [3.8, 4) is 0 Å². The molecule has 0 amide bonds. The first-order chi connectivity index (χ1) is 5.70. The third-order valence-electron chi connectivity index (χ3n) is 1.97. The SMILES string of the molecule is O=C(O)CCC1=CCCCC1=O. The number of carbonyl (C=O) groups is 2. The Morgan fingerprint density at radius 2 is 2.33 bits per heavy atom. The van der Waals surface area contributed by atoms with Gasteiger partial charge in [0.25, 0.3) is 0 Å². The molecule has 0 fully saturated rings. The Hall–Kier alpha value is -1.12. The van der Waals surface area contributed by atoms with Gasteiger partial charge in [-0.3, -0.25) is 9.59 Å². The van der Waals surface area contributed by atoms with Gasteiger partial charge in [0.05, 0.1) is 0 Å². The molecule has 12 heavy (non-hydrogen) atoms. The van der Waals surface area contributed by atoms with Crippen LogP contribution in [0.4, 0.5) is 0 Å². The second-order valence-corrected chi connectivity index (χ2v) is 2.94. The minimum Gasteiger partial charge on any atom is -0.481 e. The van der Waals surface area contributed by atoms with Gasteiger partial charge in [-0.05, 0) is 24.8 Å². The second kappa shape index (κ2) is 4.04. The average molecular weight is 168 g/mol. The van der Waals surface area contributed by atoms with Crippen molar-refractivity contribution in [2.45, 2.75) is 32.1 Å². The van der Waals surface area contributed by atoms with Crippen LogP contribution < -0.4 is 0 Å². The van der Waals surface area contributed by atoms with Crippen molar-refractivity contribution in [1.82, 2.24) is 0 Å². The summed E-state index contributed by atoms with van der Waals surface area (Å²) in [5.41, 5.74) is 0.712. The zero-order valence-corrected chi connectivity index (χ0v) is 6.88. The summed E-state index contributed by atoms with van der Waals surface area (Å²) in [5.74, 6) is -0.711. The molecule has 0 aliphatic heterocycles. The van der Waals surface area contributed by atoms with E-state index in [1.54, 1.807) is 0 Å². The maximum Gasteiger partial charge on any atom is 0.303 e. The van der Waals surface area contributed by atoms with Crippen molar-refractivity contribution in [2.24, 2.45) is 0 Å². The molecule has 3 heteroatoms. The van der Waals surface area contributed by atoms with E-state index in [2.05, 4.69) is 0 Å². The summed E-state index contributed by atoms with van der Waals surface area (Å²) in [6, 6.07) is 0. The van der Waals surface area contributed by atoms with Crippen LogP contribution >= 0.6 is 0 Å². The van der Waals surface area contributed by atoms with Crippen molar-refractivity contribution in [3.05, 3.63) is 11.6 Å². The van der Waals surface area contributed by atoms with Gasteiger partial charge in [0.2, 0.25) is 0 Å². The summed E-state index contributed by atoms with van der Waals surface area (Å²) < 4.78 is 0. The average Bonchev–Trinajstić information content (AvgIpc) is 2.03. The van der Waals surface area contributed by atoms with E-state index < -0.39 is 5.97 Å². The molecule has 0 radical (unpaired) electrons. The summed E-state index contributed by atoms with van der Waals surface area (Å²) in [7, 11) is 0.